The lowest BCUT2D eigenvalue weighted by molar-refractivity contribution is -0.532. The SMILES string of the molecule is Cc1ccccc1N1C2=[N+](CCCS2)C[C@@]1(O)c1ccc(C2CCCCC2)cc1. The monoisotopic (exact) mass is 407 g/mol. The predicted octanol–water partition coefficient (Wildman–Crippen LogP) is 5.21. The van der Waals surface area contributed by atoms with Gasteiger partial charge in [0.1, 0.15) is 5.69 Å². The second-order valence-corrected chi connectivity index (χ2v) is 9.86. The van der Waals surface area contributed by atoms with E-state index >= 15 is 0 Å². The first-order valence-corrected chi connectivity index (χ1v) is 12.1. The molecule has 2 aliphatic heterocycles. The fourth-order valence-electron chi connectivity index (χ4n) is 5.25. The summed E-state index contributed by atoms with van der Waals surface area (Å²) in [6.07, 6.45) is 7.87. The van der Waals surface area contributed by atoms with Crippen LogP contribution in [0.15, 0.2) is 48.5 Å². The van der Waals surface area contributed by atoms with Crippen molar-refractivity contribution in [2.24, 2.45) is 0 Å². The maximum Gasteiger partial charge on any atom is 0.316 e. The van der Waals surface area contributed by atoms with Gasteiger partial charge in [-0.2, -0.15) is 4.90 Å². The minimum atomic E-state index is -1.02. The lowest BCUT2D eigenvalue weighted by Crippen LogP contribution is -2.47. The molecule has 3 nitrogen and oxygen atoms in total. The summed E-state index contributed by atoms with van der Waals surface area (Å²) >= 11 is 1.88. The van der Waals surface area contributed by atoms with Crippen LogP contribution in [0.5, 0.6) is 0 Å². The molecule has 2 aromatic carbocycles. The number of anilines is 1. The average molecular weight is 408 g/mol. The number of nitrogens with zero attached hydrogens (tertiary/aromatic N) is 2. The maximum absolute atomic E-state index is 12.1. The van der Waals surface area contributed by atoms with Crippen molar-refractivity contribution in [1.29, 1.82) is 0 Å². The Kier molecular flexibility index (Phi) is 5.17. The highest BCUT2D eigenvalue weighted by Crippen LogP contribution is 2.41. The summed E-state index contributed by atoms with van der Waals surface area (Å²) in [6.45, 7) is 3.79. The number of hydrogen-bond acceptors (Lipinski definition) is 3. The predicted molar refractivity (Wildman–Crippen MR) is 122 cm³/mol. The second-order valence-electron chi connectivity index (χ2n) is 8.80. The van der Waals surface area contributed by atoms with Gasteiger partial charge in [-0.05, 0) is 61.1 Å². The summed E-state index contributed by atoms with van der Waals surface area (Å²) in [5.74, 6) is 1.81. The van der Waals surface area contributed by atoms with E-state index in [1.807, 2.05) is 11.8 Å². The van der Waals surface area contributed by atoms with Crippen LogP contribution in [0.2, 0.25) is 0 Å². The maximum atomic E-state index is 12.1. The van der Waals surface area contributed by atoms with Crippen molar-refractivity contribution >= 4 is 22.6 Å². The highest BCUT2D eigenvalue weighted by atomic mass is 32.2. The number of aliphatic hydroxyl groups is 1. The average Bonchev–Trinajstić information content (AvgIpc) is 3.08. The van der Waals surface area contributed by atoms with Crippen LogP contribution >= 0.6 is 11.8 Å². The van der Waals surface area contributed by atoms with Gasteiger partial charge in [-0.3, -0.25) is 0 Å². The molecule has 29 heavy (non-hydrogen) atoms. The lowest BCUT2D eigenvalue weighted by atomic mass is 9.83. The van der Waals surface area contributed by atoms with Gasteiger partial charge in [0, 0.05) is 11.3 Å². The number of thioether (sulfide) groups is 1. The molecule has 0 amide bonds. The van der Waals surface area contributed by atoms with Crippen LogP contribution in [0.3, 0.4) is 0 Å². The third-order valence-corrected chi connectivity index (χ3v) is 8.04. The molecular formula is C25H31N2OS+. The van der Waals surface area contributed by atoms with Gasteiger partial charge in [0.05, 0.1) is 6.54 Å². The number of benzene rings is 2. The van der Waals surface area contributed by atoms with Crippen LogP contribution in [-0.2, 0) is 5.72 Å². The Bertz CT molecular complexity index is 917. The van der Waals surface area contributed by atoms with Crippen LogP contribution in [-0.4, -0.2) is 33.7 Å². The zero-order valence-corrected chi connectivity index (χ0v) is 18.1. The molecule has 0 spiro atoms. The van der Waals surface area contributed by atoms with Crippen molar-refractivity contribution in [1.82, 2.24) is 0 Å². The van der Waals surface area contributed by atoms with Crippen molar-refractivity contribution in [3.63, 3.8) is 0 Å². The Morgan fingerprint density at radius 1 is 1.00 bits per heavy atom. The molecule has 0 unspecified atom stereocenters. The second kappa shape index (κ2) is 7.81. The molecule has 1 fully saturated rings. The molecule has 1 saturated carbocycles. The van der Waals surface area contributed by atoms with Gasteiger partial charge in [0.25, 0.3) is 5.72 Å². The van der Waals surface area contributed by atoms with Crippen molar-refractivity contribution in [2.45, 2.75) is 57.1 Å². The Morgan fingerprint density at radius 2 is 1.76 bits per heavy atom. The van der Waals surface area contributed by atoms with Crippen molar-refractivity contribution in [3.8, 4) is 0 Å². The lowest BCUT2D eigenvalue weighted by Gasteiger charge is -2.30. The molecule has 3 aliphatic rings. The Morgan fingerprint density at radius 3 is 2.52 bits per heavy atom. The summed E-state index contributed by atoms with van der Waals surface area (Å²) < 4.78 is 2.37. The molecule has 4 heteroatoms. The number of rotatable bonds is 3. The first kappa shape index (κ1) is 19.2. The van der Waals surface area contributed by atoms with E-state index in [1.165, 1.54) is 54.8 Å². The van der Waals surface area contributed by atoms with Gasteiger partial charge < -0.3 is 5.11 Å². The molecule has 152 valence electrons. The van der Waals surface area contributed by atoms with Crippen LogP contribution in [0.4, 0.5) is 5.69 Å². The number of para-hydroxylation sites is 1. The third kappa shape index (κ3) is 3.40. The van der Waals surface area contributed by atoms with E-state index in [-0.39, 0.29) is 0 Å². The van der Waals surface area contributed by atoms with Gasteiger partial charge in [-0.25, -0.2) is 4.58 Å². The molecule has 0 bridgehead atoms. The first-order valence-electron chi connectivity index (χ1n) is 11.1. The zero-order chi connectivity index (χ0) is 19.8. The van der Waals surface area contributed by atoms with Crippen LogP contribution in [0, 0.1) is 6.92 Å². The van der Waals surface area contributed by atoms with Gasteiger partial charge in [-0.1, -0.05) is 61.7 Å². The number of hydrogen-bond donors (Lipinski definition) is 1. The molecule has 5 rings (SSSR count). The quantitative estimate of drug-likeness (QED) is 0.707. The Hall–Kier alpha value is -1.78. The van der Waals surface area contributed by atoms with Crippen LogP contribution in [0.1, 0.15) is 61.1 Å². The molecule has 0 aromatic heterocycles. The highest BCUT2D eigenvalue weighted by molar-refractivity contribution is 8.14. The van der Waals surface area contributed by atoms with E-state index in [2.05, 4.69) is 64.9 Å². The summed E-state index contributed by atoms with van der Waals surface area (Å²) in [5, 5.41) is 13.3. The smallest absolute Gasteiger partial charge is 0.316 e. The fraction of sp³-hybridized carbons (Fsp3) is 0.480. The molecule has 0 saturated heterocycles. The standard InChI is InChI=1S/C25H31N2OS/c1-19-8-5-6-11-23(19)27-24-26(16-7-17-29-24)18-25(27,28)22-14-12-21(13-15-22)20-9-3-2-4-10-20/h5-6,8,11-15,20,28H,2-4,7,9-10,16-18H2,1H3/q+1/t25-/m1/s1. The first-order chi connectivity index (χ1) is 14.2. The molecule has 1 N–H and O–H groups in total. The van der Waals surface area contributed by atoms with E-state index in [4.69, 9.17) is 0 Å². The van der Waals surface area contributed by atoms with Crippen LogP contribution < -0.4 is 4.90 Å². The zero-order valence-electron chi connectivity index (χ0n) is 17.3. The van der Waals surface area contributed by atoms with Crippen LogP contribution in [0.25, 0.3) is 0 Å². The fourth-order valence-corrected chi connectivity index (χ4v) is 6.42. The van der Waals surface area contributed by atoms with Crippen molar-refractivity contribution < 1.29 is 9.68 Å². The van der Waals surface area contributed by atoms with E-state index in [0.717, 1.165) is 23.5 Å². The molecule has 1 aliphatic carbocycles. The van der Waals surface area contributed by atoms with E-state index in [0.29, 0.717) is 12.5 Å². The van der Waals surface area contributed by atoms with Gasteiger partial charge in [0.15, 0.2) is 6.54 Å². The van der Waals surface area contributed by atoms with E-state index in [9.17, 15) is 5.11 Å². The molecule has 2 aromatic rings. The summed E-state index contributed by atoms with van der Waals surface area (Å²) in [5.41, 5.74) is 3.73. The minimum absolute atomic E-state index is 0.631. The molecule has 1 atom stereocenters. The Balaban J connectivity index is 1.53. The normalized spacial score (nSPS) is 25.4. The minimum Gasteiger partial charge on any atom is -0.346 e. The number of amidine groups is 1. The summed E-state index contributed by atoms with van der Waals surface area (Å²) in [4.78, 5) is 2.20. The largest absolute Gasteiger partial charge is 0.346 e. The third-order valence-electron chi connectivity index (χ3n) is 6.85. The van der Waals surface area contributed by atoms with E-state index in [1.54, 1.807) is 0 Å². The van der Waals surface area contributed by atoms with Gasteiger partial charge >= 0.3 is 5.17 Å². The summed E-state index contributed by atoms with van der Waals surface area (Å²) in [7, 11) is 0. The van der Waals surface area contributed by atoms with Crippen molar-refractivity contribution in [2.75, 3.05) is 23.7 Å². The number of aryl methyl sites for hydroxylation is 1. The van der Waals surface area contributed by atoms with Gasteiger partial charge in [0.2, 0.25) is 0 Å². The summed E-state index contributed by atoms with van der Waals surface area (Å²) in [6, 6.07) is 17.3. The molecular weight excluding hydrogens is 376 g/mol. The van der Waals surface area contributed by atoms with Crippen molar-refractivity contribution in [3.05, 3.63) is 65.2 Å². The molecule has 2 heterocycles. The Labute approximate surface area is 178 Å². The molecule has 0 radical (unpaired) electrons. The highest BCUT2D eigenvalue weighted by Gasteiger charge is 2.55. The van der Waals surface area contributed by atoms with E-state index < -0.39 is 5.72 Å². The van der Waals surface area contributed by atoms with Gasteiger partial charge in [-0.15, -0.1) is 0 Å². The topological polar surface area (TPSA) is 26.5 Å².